The van der Waals surface area contributed by atoms with E-state index in [1.165, 1.54) is 0 Å². The first-order valence-electron chi connectivity index (χ1n) is 7.09. The maximum atomic E-state index is 11.9. The minimum atomic E-state index is -0.254. The van der Waals surface area contributed by atoms with Gasteiger partial charge in [-0.2, -0.15) is 0 Å². The number of hydrogen-bond donors (Lipinski definition) is 2. The third-order valence-electron chi connectivity index (χ3n) is 3.18. The fraction of sp³-hybridized carbons (Fsp3) is 0.533. The molecule has 2 rings (SSSR count). The van der Waals surface area contributed by atoms with E-state index < -0.39 is 0 Å². The van der Waals surface area contributed by atoms with E-state index in [4.69, 9.17) is 14.2 Å². The average molecular weight is 331 g/mol. The predicted octanol–water partition coefficient (Wildman–Crippen LogP) is 0.738. The summed E-state index contributed by atoms with van der Waals surface area (Å²) in [7, 11) is 1.64. The molecule has 1 unspecified atom stereocenters. The lowest BCUT2D eigenvalue weighted by Crippen LogP contribution is -2.51. The van der Waals surface area contributed by atoms with Gasteiger partial charge in [0.25, 0.3) is 0 Å². The van der Waals surface area contributed by atoms with E-state index in [9.17, 15) is 4.79 Å². The topological polar surface area (TPSA) is 68.8 Å². The molecule has 1 aliphatic rings. The van der Waals surface area contributed by atoms with Crippen molar-refractivity contribution in [2.45, 2.75) is 12.6 Å². The number of halogens is 1. The van der Waals surface area contributed by atoms with Crippen molar-refractivity contribution < 1.29 is 19.0 Å². The van der Waals surface area contributed by atoms with Crippen LogP contribution in [0.25, 0.3) is 0 Å². The Morgan fingerprint density at radius 3 is 2.77 bits per heavy atom. The Morgan fingerprint density at radius 2 is 2.14 bits per heavy atom. The number of hydrogen-bond acceptors (Lipinski definition) is 5. The van der Waals surface area contributed by atoms with Crippen LogP contribution in [0.4, 0.5) is 0 Å². The lowest BCUT2D eigenvalue weighted by molar-refractivity contribution is -0.126. The molecule has 6 nitrogen and oxygen atoms in total. The van der Waals surface area contributed by atoms with Crippen molar-refractivity contribution in [3.05, 3.63) is 29.8 Å². The Hall–Kier alpha value is -1.34. The molecule has 124 valence electrons. The molecule has 1 saturated heterocycles. The van der Waals surface area contributed by atoms with E-state index in [1.807, 2.05) is 24.3 Å². The Balaban J connectivity index is 0.00000242. The van der Waals surface area contributed by atoms with E-state index in [1.54, 1.807) is 7.11 Å². The van der Waals surface area contributed by atoms with E-state index in [-0.39, 0.29) is 24.4 Å². The van der Waals surface area contributed by atoms with Gasteiger partial charge >= 0.3 is 0 Å². The van der Waals surface area contributed by atoms with Gasteiger partial charge in [0.2, 0.25) is 5.91 Å². The molecule has 0 aliphatic carbocycles. The maximum absolute atomic E-state index is 11.9. The second-order valence-corrected chi connectivity index (χ2v) is 4.78. The third kappa shape index (κ3) is 6.19. The zero-order valence-corrected chi connectivity index (χ0v) is 13.5. The number of carbonyl (C=O) groups is 1. The monoisotopic (exact) mass is 330 g/mol. The highest BCUT2D eigenvalue weighted by atomic mass is 35.5. The minimum absolute atomic E-state index is 0. The quantitative estimate of drug-likeness (QED) is 0.722. The Bertz CT molecular complexity index is 436. The fourth-order valence-corrected chi connectivity index (χ4v) is 1.99. The van der Waals surface area contributed by atoms with Crippen LogP contribution in [0.2, 0.25) is 0 Å². The third-order valence-corrected chi connectivity index (χ3v) is 3.18. The smallest absolute Gasteiger partial charge is 0.239 e. The summed E-state index contributed by atoms with van der Waals surface area (Å²) in [5.74, 6) is 0.764. The molecule has 22 heavy (non-hydrogen) atoms. The molecule has 1 amide bonds. The average Bonchev–Trinajstić information content (AvgIpc) is 2.55. The van der Waals surface area contributed by atoms with Gasteiger partial charge in [-0.05, 0) is 17.7 Å². The number of nitrogens with one attached hydrogen (secondary N) is 2. The fourth-order valence-electron chi connectivity index (χ4n) is 1.99. The van der Waals surface area contributed by atoms with Gasteiger partial charge in [-0.1, -0.05) is 12.1 Å². The molecular formula is C15H23ClN2O4. The van der Waals surface area contributed by atoms with Gasteiger partial charge in [-0.25, -0.2) is 0 Å². The number of rotatable bonds is 7. The maximum Gasteiger partial charge on any atom is 0.239 e. The molecular weight excluding hydrogens is 308 g/mol. The van der Waals surface area contributed by atoms with Crippen LogP contribution in [0.3, 0.4) is 0 Å². The summed E-state index contributed by atoms with van der Waals surface area (Å²) in [5, 5.41) is 6.02. The lowest BCUT2D eigenvalue weighted by atomic mass is 10.2. The summed E-state index contributed by atoms with van der Waals surface area (Å²) in [5.41, 5.74) is 1.03. The molecule has 1 aliphatic heterocycles. The zero-order chi connectivity index (χ0) is 14.9. The highest BCUT2D eigenvalue weighted by molar-refractivity contribution is 5.85. The number of ether oxygens (including phenoxy) is 3. The minimum Gasteiger partial charge on any atom is -0.491 e. The van der Waals surface area contributed by atoms with Crippen LogP contribution in [-0.2, 0) is 20.8 Å². The van der Waals surface area contributed by atoms with Crippen molar-refractivity contribution in [2.75, 3.05) is 40.1 Å². The van der Waals surface area contributed by atoms with E-state index >= 15 is 0 Å². The van der Waals surface area contributed by atoms with E-state index in [0.29, 0.717) is 39.5 Å². The second kappa shape index (κ2) is 10.4. The van der Waals surface area contributed by atoms with Crippen LogP contribution in [0, 0.1) is 0 Å². The summed E-state index contributed by atoms with van der Waals surface area (Å²) in [6.07, 6.45) is 0. The molecule has 1 heterocycles. The SMILES string of the molecule is COCCOc1ccc(CNC(=O)C2COCCN2)cc1.Cl. The van der Waals surface area contributed by atoms with Crippen LogP contribution in [0.1, 0.15) is 5.56 Å². The Labute approximate surface area is 136 Å². The highest BCUT2D eigenvalue weighted by Gasteiger charge is 2.20. The normalized spacial score (nSPS) is 17.4. The Kier molecular flexibility index (Phi) is 8.84. The highest BCUT2D eigenvalue weighted by Crippen LogP contribution is 2.12. The summed E-state index contributed by atoms with van der Waals surface area (Å²) in [6.45, 7) is 3.39. The summed E-state index contributed by atoms with van der Waals surface area (Å²) < 4.78 is 15.7. The molecule has 2 N–H and O–H groups in total. The van der Waals surface area contributed by atoms with Gasteiger partial charge in [0.1, 0.15) is 18.4 Å². The molecule has 1 aromatic rings. The molecule has 1 atom stereocenters. The van der Waals surface area contributed by atoms with Gasteiger partial charge in [-0.3, -0.25) is 4.79 Å². The first-order valence-corrected chi connectivity index (χ1v) is 7.09. The zero-order valence-electron chi connectivity index (χ0n) is 12.7. The molecule has 0 aromatic heterocycles. The lowest BCUT2D eigenvalue weighted by Gasteiger charge is -2.22. The predicted molar refractivity (Wildman–Crippen MR) is 85.5 cm³/mol. The summed E-state index contributed by atoms with van der Waals surface area (Å²) in [6, 6.07) is 7.40. The van der Waals surface area contributed by atoms with Crippen molar-refractivity contribution >= 4 is 18.3 Å². The number of morpholine rings is 1. The second-order valence-electron chi connectivity index (χ2n) is 4.78. The van der Waals surface area contributed by atoms with E-state index in [2.05, 4.69) is 10.6 Å². The van der Waals surface area contributed by atoms with Gasteiger partial charge in [-0.15, -0.1) is 12.4 Å². The molecule has 0 bridgehead atoms. The molecule has 0 radical (unpaired) electrons. The Morgan fingerprint density at radius 1 is 1.36 bits per heavy atom. The van der Waals surface area contributed by atoms with Crippen LogP contribution in [-0.4, -0.2) is 52.0 Å². The summed E-state index contributed by atoms with van der Waals surface area (Å²) >= 11 is 0. The van der Waals surface area contributed by atoms with E-state index in [0.717, 1.165) is 11.3 Å². The number of methoxy groups -OCH3 is 1. The van der Waals surface area contributed by atoms with Crippen molar-refractivity contribution in [1.82, 2.24) is 10.6 Å². The number of benzene rings is 1. The van der Waals surface area contributed by atoms with Crippen molar-refractivity contribution in [3.8, 4) is 5.75 Å². The van der Waals surface area contributed by atoms with Crippen LogP contribution in [0.5, 0.6) is 5.75 Å². The van der Waals surface area contributed by atoms with Crippen LogP contribution >= 0.6 is 12.4 Å². The van der Waals surface area contributed by atoms with Crippen molar-refractivity contribution in [1.29, 1.82) is 0 Å². The first-order chi connectivity index (χ1) is 10.3. The van der Waals surface area contributed by atoms with Crippen molar-refractivity contribution in [3.63, 3.8) is 0 Å². The molecule has 0 saturated carbocycles. The van der Waals surface area contributed by atoms with Crippen molar-refractivity contribution in [2.24, 2.45) is 0 Å². The molecule has 0 spiro atoms. The molecule has 1 fully saturated rings. The molecule has 1 aromatic carbocycles. The van der Waals surface area contributed by atoms with Gasteiger partial charge in [0.05, 0.1) is 19.8 Å². The summed E-state index contributed by atoms with van der Waals surface area (Å²) in [4.78, 5) is 11.9. The number of carbonyl (C=O) groups excluding carboxylic acids is 1. The first kappa shape index (κ1) is 18.7. The van der Waals surface area contributed by atoms with Crippen LogP contribution in [0.15, 0.2) is 24.3 Å². The van der Waals surface area contributed by atoms with Crippen LogP contribution < -0.4 is 15.4 Å². The molecule has 7 heteroatoms. The largest absolute Gasteiger partial charge is 0.491 e. The van der Waals surface area contributed by atoms with Gasteiger partial charge in [0.15, 0.2) is 0 Å². The van der Waals surface area contributed by atoms with Gasteiger partial charge in [0, 0.05) is 20.2 Å². The van der Waals surface area contributed by atoms with Gasteiger partial charge < -0.3 is 24.8 Å². The number of amides is 1. The standard InChI is InChI=1S/C15H22N2O4.ClH/c1-19-8-9-21-13-4-2-12(3-5-13)10-17-15(18)14-11-20-7-6-16-14;/h2-5,14,16H,6-11H2,1H3,(H,17,18);1H.